The Labute approximate surface area is 179 Å². The molecule has 2 amide bonds. The average Bonchev–Trinajstić information content (AvgIpc) is 2.93. The maximum absolute atomic E-state index is 13.5. The van der Waals surface area contributed by atoms with Gasteiger partial charge < -0.3 is 14.7 Å². The van der Waals surface area contributed by atoms with E-state index in [2.05, 4.69) is 0 Å². The monoisotopic (exact) mass is 414 g/mol. The molecule has 0 atom stereocenters. The van der Waals surface area contributed by atoms with Crippen molar-refractivity contribution in [3.05, 3.63) is 35.5 Å². The van der Waals surface area contributed by atoms with E-state index < -0.39 is 0 Å². The minimum Gasteiger partial charge on any atom is -0.491 e. The molecule has 1 aromatic rings. The highest BCUT2D eigenvalue weighted by Gasteiger charge is 2.43. The predicted octanol–water partition coefficient (Wildman–Crippen LogP) is 3.59. The van der Waals surface area contributed by atoms with Crippen LogP contribution in [-0.4, -0.2) is 59.1 Å². The van der Waals surface area contributed by atoms with Crippen molar-refractivity contribution in [2.75, 3.05) is 20.2 Å². The van der Waals surface area contributed by atoms with Gasteiger partial charge in [-0.1, -0.05) is 44.2 Å². The van der Waals surface area contributed by atoms with Crippen LogP contribution >= 0.6 is 0 Å². The number of carbonyl (C=O) groups excluding carboxylic acids is 2. The number of ether oxygens (including phenoxy) is 1. The van der Waals surface area contributed by atoms with Crippen LogP contribution in [0.25, 0.3) is 5.57 Å². The van der Waals surface area contributed by atoms with Gasteiger partial charge in [-0.25, -0.2) is 0 Å². The summed E-state index contributed by atoms with van der Waals surface area (Å²) in [5, 5.41) is 9.42. The summed E-state index contributed by atoms with van der Waals surface area (Å²) in [6.45, 7) is 4.14. The van der Waals surface area contributed by atoms with Crippen LogP contribution in [0.1, 0.15) is 64.4 Å². The van der Waals surface area contributed by atoms with Crippen molar-refractivity contribution >= 4 is 17.4 Å². The highest BCUT2D eigenvalue weighted by molar-refractivity contribution is 6.35. The molecule has 0 saturated heterocycles. The Morgan fingerprint density at radius 1 is 1.03 bits per heavy atom. The average molecular weight is 415 g/mol. The molecule has 1 fully saturated rings. The van der Waals surface area contributed by atoms with Crippen molar-refractivity contribution in [2.24, 2.45) is 0 Å². The minimum absolute atomic E-state index is 0.0520. The molecule has 3 rings (SSSR count). The quantitative estimate of drug-likeness (QED) is 0.691. The van der Waals surface area contributed by atoms with Gasteiger partial charge in [0.1, 0.15) is 11.4 Å². The predicted molar refractivity (Wildman–Crippen MR) is 117 cm³/mol. The molecule has 0 spiro atoms. The summed E-state index contributed by atoms with van der Waals surface area (Å²) in [5.41, 5.74) is 1.51. The van der Waals surface area contributed by atoms with Crippen LogP contribution in [0.15, 0.2) is 30.0 Å². The highest BCUT2D eigenvalue weighted by atomic mass is 16.5. The van der Waals surface area contributed by atoms with E-state index in [4.69, 9.17) is 4.74 Å². The Balaban J connectivity index is 1.95. The molecule has 1 aliphatic carbocycles. The fraction of sp³-hybridized carbons (Fsp3) is 0.583. The first-order chi connectivity index (χ1) is 14.4. The van der Waals surface area contributed by atoms with Crippen LogP contribution in [-0.2, 0) is 9.59 Å². The maximum atomic E-state index is 13.5. The summed E-state index contributed by atoms with van der Waals surface area (Å²) >= 11 is 0. The molecule has 1 aliphatic heterocycles. The second-order valence-electron chi connectivity index (χ2n) is 8.54. The smallest absolute Gasteiger partial charge is 0.278 e. The summed E-state index contributed by atoms with van der Waals surface area (Å²) in [6.07, 6.45) is 7.41. The van der Waals surface area contributed by atoms with Crippen molar-refractivity contribution < 1.29 is 19.4 Å². The number of hydrogen-bond acceptors (Lipinski definition) is 5. The molecule has 2 aliphatic rings. The number of aliphatic hydroxyl groups excluding tert-OH is 1. The lowest BCUT2D eigenvalue weighted by atomic mass is 9.95. The van der Waals surface area contributed by atoms with E-state index >= 15 is 0 Å². The highest BCUT2D eigenvalue weighted by Crippen LogP contribution is 2.35. The molecule has 30 heavy (non-hydrogen) atoms. The largest absolute Gasteiger partial charge is 0.491 e. The molecule has 1 heterocycles. The maximum Gasteiger partial charge on any atom is 0.278 e. The van der Waals surface area contributed by atoms with Crippen LogP contribution in [0, 0.1) is 0 Å². The lowest BCUT2D eigenvalue weighted by molar-refractivity contribution is -0.140. The first kappa shape index (κ1) is 22.3. The number of carbonyl (C=O) groups is 2. The normalized spacial score (nSPS) is 18.8. The SMILES string of the molecule is CC(C)Oc1ccc(C2=C(N(C)CCO)C(=O)N(C3CCCCCCC3)C2=O)cc1. The van der Waals surface area contributed by atoms with E-state index in [0.717, 1.165) is 44.3 Å². The summed E-state index contributed by atoms with van der Waals surface area (Å²) in [5.74, 6) is 0.273. The first-order valence-electron chi connectivity index (χ1n) is 11.1. The molecule has 0 aromatic heterocycles. The molecule has 1 aromatic carbocycles. The van der Waals surface area contributed by atoms with Crippen LogP contribution in [0.5, 0.6) is 5.75 Å². The number of likely N-dealkylation sites (N-methyl/N-ethyl adjacent to an activating group) is 1. The fourth-order valence-electron chi connectivity index (χ4n) is 4.41. The van der Waals surface area contributed by atoms with Gasteiger partial charge in [0.25, 0.3) is 11.8 Å². The van der Waals surface area contributed by atoms with E-state index in [1.165, 1.54) is 11.3 Å². The second-order valence-corrected chi connectivity index (χ2v) is 8.54. The van der Waals surface area contributed by atoms with E-state index in [-0.39, 0.29) is 30.6 Å². The van der Waals surface area contributed by atoms with Crippen LogP contribution in [0.2, 0.25) is 0 Å². The molecular weight excluding hydrogens is 380 g/mol. The van der Waals surface area contributed by atoms with Crippen molar-refractivity contribution in [2.45, 2.75) is 70.9 Å². The van der Waals surface area contributed by atoms with Crippen LogP contribution in [0.3, 0.4) is 0 Å². The third-order valence-electron chi connectivity index (χ3n) is 5.86. The molecule has 6 nitrogen and oxygen atoms in total. The van der Waals surface area contributed by atoms with Gasteiger partial charge in [-0.05, 0) is 44.4 Å². The van der Waals surface area contributed by atoms with Crippen LogP contribution in [0.4, 0.5) is 0 Å². The number of nitrogens with zero attached hydrogens (tertiary/aromatic N) is 2. The number of hydrogen-bond donors (Lipinski definition) is 1. The van der Waals surface area contributed by atoms with Gasteiger partial charge in [0.05, 0.1) is 18.3 Å². The first-order valence-corrected chi connectivity index (χ1v) is 11.1. The zero-order valence-corrected chi connectivity index (χ0v) is 18.4. The third-order valence-corrected chi connectivity index (χ3v) is 5.86. The van der Waals surface area contributed by atoms with E-state index in [0.29, 0.717) is 23.4 Å². The summed E-state index contributed by atoms with van der Waals surface area (Å²) in [4.78, 5) is 30.1. The molecule has 0 bridgehead atoms. The van der Waals surface area contributed by atoms with Crippen molar-refractivity contribution in [3.8, 4) is 5.75 Å². The Bertz CT molecular complexity index is 777. The van der Waals surface area contributed by atoms with Crippen LogP contribution < -0.4 is 4.74 Å². The molecule has 6 heteroatoms. The van der Waals surface area contributed by atoms with Gasteiger partial charge in [0.15, 0.2) is 0 Å². The number of aliphatic hydroxyl groups is 1. The zero-order valence-electron chi connectivity index (χ0n) is 18.4. The van der Waals surface area contributed by atoms with Gasteiger partial charge in [-0.15, -0.1) is 0 Å². The topological polar surface area (TPSA) is 70.1 Å². The molecule has 1 N–H and O–H groups in total. The molecule has 1 saturated carbocycles. The number of imide groups is 1. The fourth-order valence-corrected chi connectivity index (χ4v) is 4.41. The number of benzene rings is 1. The summed E-state index contributed by atoms with van der Waals surface area (Å²) < 4.78 is 5.71. The van der Waals surface area contributed by atoms with E-state index in [1.54, 1.807) is 11.9 Å². The molecule has 0 unspecified atom stereocenters. The summed E-state index contributed by atoms with van der Waals surface area (Å²) in [7, 11) is 1.76. The standard InChI is InChI=1S/C24H34N2O4/c1-17(2)30-20-13-11-18(12-14-20)21-22(25(3)15-16-27)24(29)26(23(21)28)19-9-7-5-4-6-8-10-19/h11-14,17,19,27H,4-10,15-16H2,1-3H3. The van der Waals surface area contributed by atoms with Gasteiger partial charge >= 0.3 is 0 Å². The minimum atomic E-state index is -0.237. The lowest BCUT2D eigenvalue weighted by Gasteiger charge is -2.29. The van der Waals surface area contributed by atoms with E-state index in [9.17, 15) is 14.7 Å². The van der Waals surface area contributed by atoms with Crippen molar-refractivity contribution in [1.82, 2.24) is 9.80 Å². The number of amides is 2. The zero-order chi connectivity index (χ0) is 21.7. The Hall–Kier alpha value is -2.34. The Kier molecular flexibility index (Phi) is 7.53. The Morgan fingerprint density at radius 2 is 1.63 bits per heavy atom. The molecule has 164 valence electrons. The Morgan fingerprint density at radius 3 is 2.20 bits per heavy atom. The lowest BCUT2D eigenvalue weighted by Crippen LogP contribution is -2.42. The van der Waals surface area contributed by atoms with Crippen molar-refractivity contribution in [1.29, 1.82) is 0 Å². The molecular formula is C24H34N2O4. The molecule has 0 radical (unpaired) electrons. The van der Waals surface area contributed by atoms with Gasteiger partial charge in [0.2, 0.25) is 0 Å². The third kappa shape index (κ3) is 4.86. The van der Waals surface area contributed by atoms with E-state index in [1.807, 2.05) is 38.1 Å². The van der Waals surface area contributed by atoms with Crippen molar-refractivity contribution in [3.63, 3.8) is 0 Å². The summed E-state index contributed by atoms with van der Waals surface area (Å²) in [6, 6.07) is 7.30. The van der Waals surface area contributed by atoms with Gasteiger partial charge in [-0.2, -0.15) is 0 Å². The number of rotatable bonds is 7. The van der Waals surface area contributed by atoms with Gasteiger partial charge in [0, 0.05) is 19.6 Å². The second kappa shape index (κ2) is 10.1. The van der Waals surface area contributed by atoms with Gasteiger partial charge in [-0.3, -0.25) is 14.5 Å².